The largest absolute Gasteiger partial charge is 0.465 e. The van der Waals surface area contributed by atoms with Crippen molar-refractivity contribution in [1.82, 2.24) is 0 Å². The quantitative estimate of drug-likeness (QED) is 0.759. The maximum atomic E-state index is 10.8. The summed E-state index contributed by atoms with van der Waals surface area (Å²) in [5.41, 5.74) is 1.91. The Labute approximate surface area is 84.1 Å². The molecule has 0 radical (unpaired) electrons. The first-order valence-electron chi connectivity index (χ1n) is 3.97. The lowest BCUT2D eigenvalue weighted by Crippen LogP contribution is -2.26. The van der Waals surface area contributed by atoms with Crippen LogP contribution in [0.4, 0.5) is 10.5 Å². The van der Waals surface area contributed by atoms with E-state index in [2.05, 4.69) is 15.9 Å². The average Bonchev–Trinajstić information content (AvgIpc) is 2.46. The summed E-state index contributed by atoms with van der Waals surface area (Å²) < 4.78 is 0.916. The SMILES string of the molecule is O=C(O)N1CCc2ccc(Br)cc21. The van der Waals surface area contributed by atoms with Crippen LogP contribution in [0.2, 0.25) is 0 Å². The van der Waals surface area contributed by atoms with E-state index in [-0.39, 0.29) is 0 Å². The zero-order valence-electron chi connectivity index (χ0n) is 6.83. The monoisotopic (exact) mass is 241 g/mol. The number of benzene rings is 1. The van der Waals surface area contributed by atoms with Crippen molar-refractivity contribution in [2.75, 3.05) is 11.4 Å². The summed E-state index contributed by atoms with van der Waals surface area (Å²) in [6.45, 7) is 0.571. The molecule has 0 aromatic heterocycles. The molecule has 0 fully saturated rings. The molecule has 0 saturated heterocycles. The fourth-order valence-electron chi connectivity index (χ4n) is 1.55. The average molecular weight is 242 g/mol. The zero-order valence-corrected chi connectivity index (χ0v) is 8.41. The van der Waals surface area contributed by atoms with E-state index in [9.17, 15) is 4.79 Å². The molecule has 1 aliphatic heterocycles. The van der Waals surface area contributed by atoms with Gasteiger partial charge in [0.15, 0.2) is 0 Å². The van der Waals surface area contributed by atoms with Gasteiger partial charge in [0.05, 0.1) is 5.69 Å². The van der Waals surface area contributed by atoms with Crippen molar-refractivity contribution >= 4 is 27.7 Å². The Balaban J connectivity index is 2.46. The summed E-state index contributed by atoms with van der Waals surface area (Å²) >= 11 is 3.32. The van der Waals surface area contributed by atoms with Gasteiger partial charge in [0.2, 0.25) is 0 Å². The van der Waals surface area contributed by atoms with Gasteiger partial charge in [-0.15, -0.1) is 0 Å². The number of fused-ring (bicyclic) bond motifs is 1. The Morgan fingerprint density at radius 1 is 1.54 bits per heavy atom. The summed E-state index contributed by atoms with van der Waals surface area (Å²) in [6, 6.07) is 5.74. The minimum absolute atomic E-state index is 0.571. The molecule has 0 spiro atoms. The van der Waals surface area contributed by atoms with Crippen molar-refractivity contribution in [3.05, 3.63) is 28.2 Å². The van der Waals surface area contributed by atoms with Crippen molar-refractivity contribution in [2.45, 2.75) is 6.42 Å². The van der Waals surface area contributed by atoms with E-state index in [1.165, 1.54) is 4.90 Å². The number of rotatable bonds is 0. The van der Waals surface area contributed by atoms with E-state index >= 15 is 0 Å². The van der Waals surface area contributed by atoms with Gasteiger partial charge in [-0.25, -0.2) is 4.79 Å². The standard InChI is InChI=1S/C9H8BrNO2/c10-7-2-1-6-3-4-11(9(12)13)8(6)5-7/h1-2,5H,3-4H2,(H,12,13). The number of amides is 1. The normalized spacial score (nSPS) is 14.4. The molecule has 68 valence electrons. The van der Waals surface area contributed by atoms with Crippen LogP contribution in [0.5, 0.6) is 0 Å². The molecule has 0 atom stereocenters. The molecule has 0 saturated carbocycles. The highest BCUT2D eigenvalue weighted by Crippen LogP contribution is 2.30. The number of anilines is 1. The summed E-state index contributed by atoms with van der Waals surface area (Å²) in [7, 11) is 0. The second kappa shape index (κ2) is 3.03. The fraction of sp³-hybridized carbons (Fsp3) is 0.222. The van der Waals surface area contributed by atoms with Gasteiger partial charge in [-0.3, -0.25) is 4.90 Å². The Morgan fingerprint density at radius 2 is 2.31 bits per heavy atom. The lowest BCUT2D eigenvalue weighted by Gasteiger charge is -2.12. The van der Waals surface area contributed by atoms with Crippen molar-refractivity contribution in [3.8, 4) is 0 Å². The smallest absolute Gasteiger partial charge is 0.411 e. The van der Waals surface area contributed by atoms with Crippen LogP contribution >= 0.6 is 15.9 Å². The maximum absolute atomic E-state index is 10.8. The third-order valence-corrected chi connectivity index (χ3v) is 2.67. The van der Waals surface area contributed by atoms with E-state index < -0.39 is 6.09 Å². The summed E-state index contributed by atoms with van der Waals surface area (Å²) in [5, 5.41) is 8.86. The zero-order chi connectivity index (χ0) is 9.42. The molecule has 3 nitrogen and oxygen atoms in total. The molecule has 1 heterocycles. The Hall–Kier alpha value is -1.03. The topological polar surface area (TPSA) is 40.5 Å². The molecule has 13 heavy (non-hydrogen) atoms. The van der Waals surface area contributed by atoms with Crippen LogP contribution in [0, 0.1) is 0 Å². The maximum Gasteiger partial charge on any atom is 0.411 e. The Morgan fingerprint density at radius 3 is 3.00 bits per heavy atom. The molecule has 1 aromatic rings. The van der Waals surface area contributed by atoms with Crippen LogP contribution < -0.4 is 4.90 Å². The first-order valence-corrected chi connectivity index (χ1v) is 4.76. The van der Waals surface area contributed by atoms with E-state index in [0.717, 1.165) is 22.1 Å². The van der Waals surface area contributed by atoms with Crippen LogP contribution in [0.1, 0.15) is 5.56 Å². The van der Waals surface area contributed by atoms with Gasteiger partial charge in [0.25, 0.3) is 0 Å². The molecule has 0 unspecified atom stereocenters. The molecule has 2 rings (SSSR count). The molecular formula is C9H8BrNO2. The molecular weight excluding hydrogens is 234 g/mol. The molecule has 1 amide bonds. The predicted octanol–water partition coefficient (Wildman–Crippen LogP) is 2.49. The Bertz CT molecular complexity index is 365. The van der Waals surface area contributed by atoms with Gasteiger partial charge in [-0.2, -0.15) is 0 Å². The summed E-state index contributed by atoms with van der Waals surface area (Å²) in [4.78, 5) is 12.2. The first kappa shape index (κ1) is 8.56. The lowest BCUT2D eigenvalue weighted by atomic mass is 10.2. The van der Waals surface area contributed by atoms with E-state index in [1.807, 2.05) is 18.2 Å². The van der Waals surface area contributed by atoms with Gasteiger partial charge >= 0.3 is 6.09 Å². The highest BCUT2D eigenvalue weighted by atomic mass is 79.9. The van der Waals surface area contributed by atoms with E-state index in [0.29, 0.717) is 6.54 Å². The molecule has 4 heteroatoms. The highest BCUT2D eigenvalue weighted by Gasteiger charge is 2.23. The van der Waals surface area contributed by atoms with Crippen LogP contribution in [-0.4, -0.2) is 17.7 Å². The van der Waals surface area contributed by atoms with Gasteiger partial charge in [0.1, 0.15) is 0 Å². The number of hydrogen-bond donors (Lipinski definition) is 1. The summed E-state index contributed by atoms with van der Waals surface area (Å²) in [6.07, 6.45) is -0.0635. The third kappa shape index (κ3) is 1.42. The minimum Gasteiger partial charge on any atom is -0.465 e. The second-order valence-electron chi connectivity index (χ2n) is 2.96. The highest BCUT2D eigenvalue weighted by molar-refractivity contribution is 9.10. The number of carboxylic acid groups (broad SMARTS) is 1. The second-order valence-corrected chi connectivity index (χ2v) is 3.87. The summed E-state index contributed by atoms with van der Waals surface area (Å²) in [5.74, 6) is 0. The fourth-order valence-corrected chi connectivity index (χ4v) is 1.90. The minimum atomic E-state index is -0.878. The Kier molecular flexibility index (Phi) is 2.00. The van der Waals surface area contributed by atoms with Crippen LogP contribution in [0.15, 0.2) is 22.7 Å². The molecule has 0 aliphatic carbocycles. The predicted molar refractivity (Wildman–Crippen MR) is 53.2 cm³/mol. The third-order valence-electron chi connectivity index (χ3n) is 2.17. The van der Waals surface area contributed by atoms with Crippen molar-refractivity contribution in [1.29, 1.82) is 0 Å². The van der Waals surface area contributed by atoms with Crippen LogP contribution in [0.25, 0.3) is 0 Å². The van der Waals surface area contributed by atoms with Crippen LogP contribution in [0.3, 0.4) is 0 Å². The van der Waals surface area contributed by atoms with E-state index in [4.69, 9.17) is 5.11 Å². The number of hydrogen-bond acceptors (Lipinski definition) is 1. The van der Waals surface area contributed by atoms with Crippen LogP contribution in [-0.2, 0) is 6.42 Å². The van der Waals surface area contributed by atoms with E-state index in [1.54, 1.807) is 0 Å². The number of carbonyl (C=O) groups is 1. The molecule has 0 bridgehead atoms. The number of halogens is 1. The van der Waals surface area contributed by atoms with Crippen molar-refractivity contribution in [2.24, 2.45) is 0 Å². The van der Waals surface area contributed by atoms with Gasteiger partial charge in [0, 0.05) is 11.0 Å². The first-order chi connectivity index (χ1) is 6.18. The van der Waals surface area contributed by atoms with Gasteiger partial charge < -0.3 is 5.11 Å². The number of nitrogens with zero attached hydrogens (tertiary/aromatic N) is 1. The molecule has 1 aromatic carbocycles. The van der Waals surface area contributed by atoms with Gasteiger partial charge in [-0.1, -0.05) is 22.0 Å². The van der Waals surface area contributed by atoms with Gasteiger partial charge in [-0.05, 0) is 24.1 Å². The van der Waals surface area contributed by atoms with Crippen molar-refractivity contribution in [3.63, 3.8) is 0 Å². The molecule has 1 N–H and O–H groups in total. The van der Waals surface area contributed by atoms with Crippen molar-refractivity contribution < 1.29 is 9.90 Å². The molecule has 1 aliphatic rings. The lowest BCUT2D eigenvalue weighted by molar-refractivity contribution is 0.202.